The molecule has 0 bridgehead atoms. The van der Waals surface area contributed by atoms with Gasteiger partial charge in [-0.3, -0.25) is 0 Å². The maximum absolute atomic E-state index is 11.3. The van der Waals surface area contributed by atoms with Crippen LogP contribution in [-0.2, 0) is 50.3 Å². The topological polar surface area (TPSA) is 164 Å². The number of ether oxygens (including phenoxy) is 6. The molecule has 12 nitrogen and oxygen atoms in total. The van der Waals surface area contributed by atoms with Gasteiger partial charge in [-0.05, 0) is 412 Å². The second-order valence-corrected chi connectivity index (χ2v) is 43.4. The summed E-state index contributed by atoms with van der Waals surface area (Å²) in [5, 5.41) is 17.8. The summed E-state index contributed by atoms with van der Waals surface area (Å²) in [6, 6.07) is 48.4. The number of carbonyl (C=O) groups is 4. The van der Waals surface area contributed by atoms with E-state index in [0.717, 1.165) is 96.4 Å². The van der Waals surface area contributed by atoms with Crippen molar-refractivity contribution in [2.24, 2.45) is 0 Å². The molecule has 8 aromatic rings. The highest BCUT2D eigenvalue weighted by Crippen LogP contribution is 2.63. The number of fused-ring (bicyclic) bond motifs is 4. The van der Waals surface area contributed by atoms with Crippen molar-refractivity contribution >= 4 is 117 Å². The molecular formula is C114H116Cl2I2O12. The van der Waals surface area contributed by atoms with Crippen LogP contribution in [0.5, 0.6) is 23.0 Å². The van der Waals surface area contributed by atoms with Crippen LogP contribution in [-0.4, -0.2) is 69.7 Å². The number of carboxylic acid groups (broad SMARTS) is 2. The molecule has 12 aliphatic rings. The van der Waals surface area contributed by atoms with Gasteiger partial charge in [0, 0.05) is 73.9 Å². The summed E-state index contributed by atoms with van der Waals surface area (Å²) in [4.78, 5) is 44.4. The molecule has 8 aliphatic carbocycles. The van der Waals surface area contributed by atoms with Crippen molar-refractivity contribution in [3.05, 3.63) is 274 Å². The van der Waals surface area contributed by atoms with Crippen LogP contribution in [0.3, 0.4) is 0 Å². The van der Waals surface area contributed by atoms with E-state index in [9.17, 15) is 19.2 Å². The molecule has 0 radical (unpaired) electrons. The Balaban J connectivity index is 0.000000123. The Morgan fingerprint density at radius 2 is 0.638 bits per heavy atom. The number of hydrogen-bond donors (Lipinski definition) is 2. The number of hydrogen-bond acceptors (Lipinski definition) is 10. The summed E-state index contributed by atoms with van der Waals surface area (Å²) in [5.74, 6) is 23.3. The molecule has 0 amide bonds. The van der Waals surface area contributed by atoms with Crippen LogP contribution in [0.25, 0.3) is 24.3 Å². The number of carbonyl (C=O) groups excluding carboxylic acids is 2. The Morgan fingerprint density at radius 1 is 0.377 bits per heavy atom. The second-order valence-electron chi connectivity index (χ2n) is 40.1. The van der Waals surface area contributed by atoms with Crippen molar-refractivity contribution in [2.75, 3.05) is 13.2 Å². The molecule has 8 fully saturated rings. The van der Waals surface area contributed by atoms with Gasteiger partial charge in [-0.25, -0.2) is 19.2 Å². The minimum atomic E-state index is -1.14. The molecule has 4 aliphatic heterocycles. The Kier molecular flexibility index (Phi) is 27.9. The van der Waals surface area contributed by atoms with Crippen LogP contribution in [0.1, 0.15) is 335 Å². The van der Waals surface area contributed by atoms with Crippen LogP contribution < -0.4 is 18.9 Å². The van der Waals surface area contributed by atoms with Gasteiger partial charge in [0.05, 0.1) is 13.2 Å². The number of benzene rings is 8. The number of esters is 2. The van der Waals surface area contributed by atoms with Crippen molar-refractivity contribution in [2.45, 2.75) is 279 Å². The predicted octanol–water partition coefficient (Wildman–Crippen LogP) is 27.2. The van der Waals surface area contributed by atoms with E-state index in [1.54, 1.807) is 39.8 Å². The fourth-order valence-electron chi connectivity index (χ4n) is 18.7. The van der Waals surface area contributed by atoms with E-state index in [2.05, 4.69) is 185 Å². The number of terminal acetylenes is 2. The Bertz CT molecular complexity index is 5710. The molecule has 2 N–H and O–H groups in total. The number of rotatable bonds is 14. The van der Waals surface area contributed by atoms with Gasteiger partial charge in [0.1, 0.15) is 55.5 Å². The van der Waals surface area contributed by atoms with Crippen LogP contribution in [0.2, 0.25) is 0 Å². The molecule has 4 spiro atoms. The van der Waals surface area contributed by atoms with Crippen molar-refractivity contribution in [3.8, 4) is 71.4 Å². The van der Waals surface area contributed by atoms with Gasteiger partial charge in [0.25, 0.3) is 0 Å². The van der Waals surface area contributed by atoms with E-state index in [1.807, 2.05) is 103 Å². The third kappa shape index (κ3) is 23.6. The molecule has 130 heavy (non-hydrogen) atoms. The lowest BCUT2D eigenvalue weighted by Gasteiger charge is -2.39. The summed E-state index contributed by atoms with van der Waals surface area (Å²) in [7, 11) is 0. The Hall–Kier alpha value is -9.92. The molecule has 20 rings (SSSR count). The highest BCUT2D eigenvalue weighted by Gasteiger charge is 2.58. The van der Waals surface area contributed by atoms with E-state index in [1.165, 1.54) is 168 Å². The average molecular weight is 2000 g/mol. The van der Waals surface area contributed by atoms with Crippen molar-refractivity contribution in [3.63, 3.8) is 0 Å². The first-order valence-corrected chi connectivity index (χ1v) is 48.8. The highest BCUT2D eigenvalue weighted by molar-refractivity contribution is 14.1. The molecule has 8 aromatic carbocycles. The lowest BCUT2D eigenvalue weighted by Crippen LogP contribution is -2.36. The zero-order valence-electron chi connectivity index (χ0n) is 76.7. The fraction of sp³-hybridized carbons (Fsp3) is 0.404. The highest BCUT2D eigenvalue weighted by atomic mass is 127. The van der Waals surface area contributed by atoms with Gasteiger partial charge in [0.15, 0.2) is 0 Å². The Morgan fingerprint density at radius 3 is 0.915 bits per heavy atom. The second kappa shape index (κ2) is 38.3. The van der Waals surface area contributed by atoms with E-state index in [0.29, 0.717) is 48.0 Å². The SMILES string of the molecule is C#Cc1cc(C2CC2)c2c(c1)C(C)(C)CC1(CC1)O2.C#Cc1cc(C2CC2)c2c(c1)C(C)(C)CC1(CC1)O2.C/C(=C\c1ccc(C#Cc2cc(C3CC3)c3c(c2)C(C)(C)CC2(CC2)O3)cc1)C(=O)O.CC1(C)CC2(CC2)Oc2c(C3CC3)cc(C#Cc3ccc(/C=C(\Cl)C(=O)O)cc3)cc21.CCOC(=O)/C(C)=C/c1ccc(I)cc1.CCOC(=O)C(Cl)=Cc1ccc(I)cc1. The van der Waals surface area contributed by atoms with Gasteiger partial charge >= 0.3 is 23.9 Å². The van der Waals surface area contributed by atoms with Crippen LogP contribution in [0.4, 0.5) is 0 Å². The summed E-state index contributed by atoms with van der Waals surface area (Å²) in [6.45, 7) is 26.3. The van der Waals surface area contributed by atoms with Gasteiger partial charge in [-0.2, -0.15) is 0 Å². The summed E-state index contributed by atoms with van der Waals surface area (Å²) >= 11 is 15.9. The zero-order valence-corrected chi connectivity index (χ0v) is 82.5. The standard InChI is InChI=1S/C28H28O3.C27H25ClO3.2C18H20O.C12H13IO2.C11H10ClIO2/c1-18(26(29)30)14-20-7-4-19(5-8-20)6-9-21-15-23(22-10-11-22)25-24(16-21)27(2,3)17-28(31-25)12-13-28;1-26(2)16-27(11-12-27)31-24-21(20-9-10-20)13-19(14-22(24)26)8-5-17-3-6-18(7-4-17)15-23(28)25(29)30;2*1-4-12-9-14(13-5-6-13)16-15(10-12)17(2,3)11-18(19-16)7-8-18;1-3-15-12(14)9(2)8-10-4-6-11(13)7-5-10;1-2-15-11(14)10(12)7-8-3-5-9(13)6-4-8/h4-5,7-8,14-16,22H,10-13,17H2,1-3H3,(H,29,30);3-4,6-7,13-15,20H,9-12,16H2,1-2H3,(H,29,30);2*1,9-10,13H,5-8,11H2,2-3H3;4-8H,3H2,1-2H3;3-7H,2H2,1H3/b18-14+;23-15-;;;9-8+;. The third-order valence-electron chi connectivity index (χ3n) is 26.6. The Labute approximate surface area is 805 Å². The molecular weight excluding hydrogens is 1890 g/mol. The van der Waals surface area contributed by atoms with Crippen LogP contribution >= 0.6 is 68.4 Å². The van der Waals surface area contributed by atoms with Gasteiger partial charge < -0.3 is 38.6 Å². The monoisotopic (exact) mass is 2000 g/mol. The van der Waals surface area contributed by atoms with E-state index in [4.69, 9.17) is 74.7 Å². The molecule has 16 heteroatoms. The number of carboxylic acids is 2. The summed E-state index contributed by atoms with van der Waals surface area (Å²) in [6.07, 6.45) is 41.9. The molecule has 0 atom stereocenters. The molecule has 0 saturated heterocycles. The molecule has 4 heterocycles. The van der Waals surface area contributed by atoms with E-state index >= 15 is 0 Å². The van der Waals surface area contributed by atoms with Gasteiger partial charge in [0.2, 0.25) is 0 Å². The van der Waals surface area contributed by atoms with Gasteiger partial charge in [-0.1, -0.05) is 163 Å². The maximum atomic E-state index is 11.3. The van der Waals surface area contributed by atoms with E-state index < -0.39 is 17.9 Å². The lowest BCUT2D eigenvalue weighted by atomic mass is 9.75. The third-order valence-corrected chi connectivity index (χ3v) is 28.5. The lowest BCUT2D eigenvalue weighted by molar-refractivity contribution is -0.139. The summed E-state index contributed by atoms with van der Waals surface area (Å²) in [5.41, 5.74) is 22.1. The minimum absolute atomic E-state index is 0.0765. The zero-order chi connectivity index (χ0) is 92.6. The molecule has 0 aromatic heterocycles. The summed E-state index contributed by atoms with van der Waals surface area (Å²) < 4.78 is 38.0. The predicted molar refractivity (Wildman–Crippen MR) is 537 cm³/mol. The van der Waals surface area contributed by atoms with E-state index in [-0.39, 0.29) is 60.1 Å². The molecule has 672 valence electrons. The smallest absolute Gasteiger partial charge is 0.349 e. The number of aliphatic carboxylic acids is 2. The first-order chi connectivity index (χ1) is 61.8. The maximum Gasteiger partial charge on any atom is 0.349 e. The van der Waals surface area contributed by atoms with Crippen LogP contribution in [0.15, 0.2) is 167 Å². The largest absolute Gasteiger partial charge is 0.487 e. The first kappa shape index (κ1) is 94.7. The van der Waals surface area contributed by atoms with Crippen molar-refractivity contribution in [1.82, 2.24) is 0 Å². The molecule has 8 saturated carbocycles. The van der Waals surface area contributed by atoms with Crippen LogP contribution in [0, 0.1) is 55.5 Å². The van der Waals surface area contributed by atoms with Crippen molar-refractivity contribution < 1.29 is 57.8 Å². The fourth-order valence-corrected chi connectivity index (χ4v) is 19.7. The minimum Gasteiger partial charge on any atom is -0.487 e. The van der Waals surface area contributed by atoms with Crippen molar-refractivity contribution in [1.29, 1.82) is 0 Å². The number of halogens is 4. The molecule has 0 unspecified atom stereocenters. The normalized spacial score (nSPS) is 19.7. The van der Waals surface area contributed by atoms with Gasteiger partial charge in [-0.15, -0.1) is 12.8 Å². The average Bonchev–Trinajstić information content (AvgIpc) is 1.58. The first-order valence-electron chi connectivity index (χ1n) is 45.9. The quantitative estimate of drug-likeness (QED) is 0.0459.